The molecule has 26 heavy (non-hydrogen) atoms. The molecule has 3 N–H and O–H groups in total. The summed E-state index contributed by atoms with van der Waals surface area (Å²) >= 11 is 1.21. The minimum atomic E-state index is -3.41. The van der Waals surface area contributed by atoms with Gasteiger partial charge in [-0.2, -0.15) is 0 Å². The smallest absolute Gasteiger partial charge is 0.250 e. The number of thiophene rings is 1. The van der Waals surface area contributed by atoms with Crippen molar-refractivity contribution >= 4 is 27.3 Å². The molecule has 0 spiro atoms. The van der Waals surface area contributed by atoms with Crippen LogP contribution in [-0.2, 0) is 16.4 Å². The molecule has 0 amide bonds. The molecule has 8 heteroatoms. The third kappa shape index (κ3) is 7.15. The van der Waals surface area contributed by atoms with Crippen LogP contribution in [0.25, 0.3) is 0 Å². The Hall–Kier alpha value is -1.90. The minimum Gasteiger partial charge on any atom is -0.357 e. The lowest BCUT2D eigenvalue weighted by Gasteiger charge is -2.11. The molecule has 1 heterocycles. The van der Waals surface area contributed by atoms with Crippen LogP contribution < -0.4 is 15.4 Å². The second-order valence-electron chi connectivity index (χ2n) is 5.61. The van der Waals surface area contributed by atoms with Gasteiger partial charge in [-0.1, -0.05) is 36.4 Å². The van der Waals surface area contributed by atoms with E-state index in [4.69, 9.17) is 0 Å². The fourth-order valence-corrected chi connectivity index (χ4v) is 4.38. The van der Waals surface area contributed by atoms with Crippen LogP contribution in [0, 0.1) is 0 Å². The van der Waals surface area contributed by atoms with Gasteiger partial charge in [0.2, 0.25) is 10.0 Å². The predicted molar refractivity (Wildman–Crippen MR) is 108 cm³/mol. The number of nitrogens with one attached hydrogen (secondary N) is 3. The van der Waals surface area contributed by atoms with Gasteiger partial charge in [-0.25, -0.2) is 13.1 Å². The zero-order valence-corrected chi connectivity index (χ0v) is 16.6. The van der Waals surface area contributed by atoms with E-state index in [1.165, 1.54) is 16.9 Å². The third-order valence-corrected chi connectivity index (χ3v) is 6.41. The second kappa shape index (κ2) is 10.9. The number of benzene rings is 1. The monoisotopic (exact) mass is 394 g/mol. The molecule has 6 nitrogen and oxygen atoms in total. The maximum atomic E-state index is 12.0. The van der Waals surface area contributed by atoms with Crippen molar-refractivity contribution in [2.24, 2.45) is 4.99 Å². The van der Waals surface area contributed by atoms with E-state index in [1.54, 1.807) is 17.5 Å². The second-order valence-corrected chi connectivity index (χ2v) is 8.55. The number of aliphatic imine (C=N–C) groups is 1. The fraction of sp³-hybridized carbons (Fsp3) is 0.389. The molecule has 0 radical (unpaired) electrons. The van der Waals surface area contributed by atoms with E-state index in [-0.39, 0.29) is 0 Å². The van der Waals surface area contributed by atoms with E-state index in [0.29, 0.717) is 29.8 Å². The molecular weight excluding hydrogens is 368 g/mol. The van der Waals surface area contributed by atoms with Crippen molar-refractivity contribution in [3.05, 3.63) is 53.4 Å². The first-order chi connectivity index (χ1) is 12.6. The van der Waals surface area contributed by atoms with Gasteiger partial charge in [0.05, 0.1) is 0 Å². The number of aryl methyl sites for hydroxylation is 1. The van der Waals surface area contributed by atoms with E-state index in [1.807, 2.05) is 25.1 Å². The summed E-state index contributed by atoms with van der Waals surface area (Å²) in [6.07, 6.45) is 1.95. The van der Waals surface area contributed by atoms with E-state index >= 15 is 0 Å². The molecule has 0 aliphatic rings. The Bertz CT molecular complexity index is 760. The number of nitrogens with zero attached hydrogens (tertiary/aromatic N) is 1. The highest BCUT2D eigenvalue weighted by atomic mass is 32.2. The average molecular weight is 395 g/mol. The van der Waals surface area contributed by atoms with Crippen molar-refractivity contribution in [3.8, 4) is 0 Å². The molecule has 0 bridgehead atoms. The van der Waals surface area contributed by atoms with Gasteiger partial charge in [-0.3, -0.25) is 4.99 Å². The van der Waals surface area contributed by atoms with Crippen LogP contribution in [0.3, 0.4) is 0 Å². The molecule has 0 fully saturated rings. The van der Waals surface area contributed by atoms with Crippen molar-refractivity contribution in [2.75, 3.05) is 26.2 Å². The lowest BCUT2D eigenvalue weighted by atomic mass is 10.1. The molecule has 142 valence electrons. The Balaban J connectivity index is 1.71. The molecule has 1 aromatic heterocycles. The van der Waals surface area contributed by atoms with E-state index in [2.05, 4.69) is 32.5 Å². The number of sulfonamides is 1. The van der Waals surface area contributed by atoms with Gasteiger partial charge in [0.1, 0.15) is 4.21 Å². The van der Waals surface area contributed by atoms with Gasteiger partial charge in [0, 0.05) is 26.2 Å². The standard InChI is InChI=1S/C18H26N4O2S2/c1-2-19-18(20-12-6-10-16-8-4-3-5-9-16)21-13-14-22-26(23,24)17-11-7-15-25-17/h3-5,7-9,11,15,22H,2,6,10,12-14H2,1H3,(H2,19,20,21). The van der Waals surface area contributed by atoms with Crippen LogP contribution in [0.2, 0.25) is 0 Å². The van der Waals surface area contributed by atoms with Crippen LogP contribution in [0.5, 0.6) is 0 Å². The highest BCUT2D eigenvalue weighted by Crippen LogP contribution is 2.14. The van der Waals surface area contributed by atoms with Gasteiger partial charge in [-0.15, -0.1) is 11.3 Å². The lowest BCUT2D eigenvalue weighted by Crippen LogP contribution is -2.41. The molecule has 2 rings (SSSR count). The number of guanidine groups is 1. The lowest BCUT2D eigenvalue weighted by molar-refractivity contribution is 0.582. The van der Waals surface area contributed by atoms with Gasteiger partial charge in [0.25, 0.3) is 0 Å². The number of rotatable bonds is 10. The first-order valence-corrected chi connectivity index (χ1v) is 11.1. The summed E-state index contributed by atoms with van der Waals surface area (Å²) in [6.45, 7) is 4.24. The van der Waals surface area contributed by atoms with Crippen LogP contribution in [0.15, 0.2) is 57.0 Å². The molecular formula is C18H26N4O2S2. The SMILES string of the molecule is CCNC(=NCCCc1ccccc1)NCCNS(=O)(=O)c1cccs1. The minimum absolute atomic E-state index is 0.300. The van der Waals surface area contributed by atoms with Crippen molar-refractivity contribution in [2.45, 2.75) is 24.0 Å². The molecule has 1 aromatic carbocycles. The maximum absolute atomic E-state index is 12.0. The zero-order chi connectivity index (χ0) is 18.7. The van der Waals surface area contributed by atoms with Crippen molar-refractivity contribution in [3.63, 3.8) is 0 Å². The summed E-state index contributed by atoms with van der Waals surface area (Å²) in [7, 11) is -3.41. The van der Waals surface area contributed by atoms with Crippen LogP contribution in [0.4, 0.5) is 0 Å². The number of hydrogen-bond acceptors (Lipinski definition) is 4. The number of hydrogen-bond donors (Lipinski definition) is 3. The Morgan fingerprint density at radius 1 is 1.08 bits per heavy atom. The van der Waals surface area contributed by atoms with E-state index < -0.39 is 10.0 Å². The quantitative estimate of drug-likeness (QED) is 0.328. The van der Waals surface area contributed by atoms with E-state index in [0.717, 1.165) is 19.4 Å². The van der Waals surface area contributed by atoms with E-state index in [9.17, 15) is 8.42 Å². The average Bonchev–Trinajstić information content (AvgIpc) is 3.19. The first kappa shape index (κ1) is 20.4. The van der Waals surface area contributed by atoms with Crippen molar-refractivity contribution < 1.29 is 8.42 Å². The normalized spacial score (nSPS) is 12.1. The Kier molecular flexibility index (Phi) is 8.60. The summed E-state index contributed by atoms with van der Waals surface area (Å²) in [5.41, 5.74) is 1.31. The molecule has 0 saturated carbocycles. The zero-order valence-electron chi connectivity index (χ0n) is 14.9. The largest absolute Gasteiger partial charge is 0.357 e. The molecule has 2 aromatic rings. The molecule has 0 aliphatic heterocycles. The van der Waals surface area contributed by atoms with Gasteiger partial charge in [0.15, 0.2) is 5.96 Å². The van der Waals surface area contributed by atoms with Crippen LogP contribution in [0.1, 0.15) is 18.9 Å². The van der Waals surface area contributed by atoms with Gasteiger partial charge in [-0.05, 0) is 36.8 Å². The predicted octanol–water partition coefficient (Wildman–Crippen LogP) is 2.21. The fourth-order valence-electron chi connectivity index (χ4n) is 2.31. The van der Waals surface area contributed by atoms with Crippen molar-refractivity contribution in [1.29, 1.82) is 0 Å². The summed E-state index contributed by atoms with van der Waals surface area (Å²) in [4.78, 5) is 4.53. The Morgan fingerprint density at radius 2 is 1.88 bits per heavy atom. The highest BCUT2D eigenvalue weighted by molar-refractivity contribution is 7.91. The molecule has 0 atom stereocenters. The summed E-state index contributed by atoms with van der Waals surface area (Å²) in [5, 5.41) is 8.07. The summed E-state index contributed by atoms with van der Waals surface area (Å²) in [5.74, 6) is 0.705. The van der Waals surface area contributed by atoms with Crippen molar-refractivity contribution in [1.82, 2.24) is 15.4 Å². The maximum Gasteiger partial charge on any atom is 0.250 e. The van der Waals surface area contributed by atoms with Gasteiger partial charge < -0.3 is 10.6 Å². The van der Waals surface area contributed by atoms with Crippen LogP contribution in [-0.4, -0.2) is 40.6 Å². The summed E-state index contributed by atoms with van der Waals surface area (Å²) in [6, 6.07) is 13.7. The highest BCUT2D eigenvalue weighted by Gasteiger charge is 2.13. The first-order valence-electron chi connectivity index (χ1n) is 8.71. The third-order valence-electron chi connectivity index (χ3n) is 3.55. The molecule has 0 aliphatic carbocycles. The molecule has 0 saturated heterocycles. The van der Waals surface area contributed by atoms with Crippen LogP contribution >= 0.6 is 11.3 Å². The Labute approximate surface area is 159 Å². The molecule has 0 unspecified atom stereocenters. The Morgan fingerprint density at radius 3 is 2.58 bits per heavy atom. The topological polar surface area (TPSA) is 82.6 Å². The summed E-state index contributed by atoms with van der Waals surface area (Å²) < 4.78 is 27.0. The van der Waals surface area contributed by atoms with Gasteiger partial charge >= 0.3 is 0 Å².